The third kappa shape index (κ3) is 4.97. The average Bonchev–Trinajstić information content (AvgIpc) is 2.37. The van der Waals surface area contributed by atoms with E-state index < -0.39 is 0 Å². The predicted molar refractivity (Wildman–Crippen MR) is 76.2 cm³/mol. The summed E-state index contributed by atoms with van der Waals surface area (Å²) in [5.74, 6) is 2.02. The fourth-order valence-electron chi connectivity index (χ4n) is 2.93. The van der Waals surface area contributed by atoms with Crippen LogP contribution in [0.15, 0.2) is 0 Å². The minimum atomic E-state index is 0.323. The Morgan fingerprint density at radius 1 is 1.44 bits per heavy atom. The lowest BCUT2D eigenvalue weighted by molar-refractivity contribution is -0.134. The van der Waals surface area contributed by atoms with Crippen molar-refractivity contribution in [2.45, 2.75) is 52.9 Å². The number of piperidine rings is 1. The number of hydrogen-bond donors (Lipinski definition) is 1. The molecule has 1 fully saturated rings. The summed E-state index contributed by atoms with van der Waals surface area (Å²) in [5.41, 5.74) is 5.78. The molecule has 2 atom stereocenters. The summed E-state index contributed by atoms with van der Waals surface area (Å²) in [7, 11) is 0. The maximum atomic E-state index is 12.3. The van der Waals surface area contributed by atoms with Crippen LogP contribution >= 0.6 is 0 Å². The standard InChI is InChI=1S/C15H30N2O/c1-4-13-6-5-7-17(11-13)15(18)9-14(10-16)8-12(2)3/h12-14H,4-11,16H2,1-3H3/t13?,14-/m0/s1. The highest BCUT2D eigenvalue weighted by molar-refractivity contribution is 5.76. The number of amides is 1. The van der Waals surface area contributed by atoms with Gasteiger partial charge in [0.25, 0.3) is 0 Å². The van der Waals surface area contributed by atoms with Crippen LogP contribution in [0, 0.1) is 17.8 Å². The van der Waals surface area contributed by atoms with E-state index in [2.05, 4.69) is 25.7 Å². The SMILES string of the molecule is CCC1CCCN(C(=O)C[C@@H](CN)CC(C)C)C1. The summed E-state index contributed by atoms with van der Waals surface area (Å²) in [4.78, 5) is 14.4. The molecular formula is C15H30N2O. The molecule has 1 aliphatic heterocycles. The lowest BCUT2D eigenvalue weighted by Crippen LogP contribution is -2.41. The number of hydrogen-bond acceptors (Lipinski definition) is 2. The van der Waals surface area contributed by atoms with Crippen molar-refractivity contribution in [2.75, 3.05) is 19.6 Å². The number of nitrogens with zero attached hydrogens (tertiary/aromatic N) is 1. The summed E-state index contributed by atoms with van der Waals surface area (Å²) in [6, 6.07) is 0. The van der Waals surface area contributed by atoms with Gasteiger partial charge in [0.05, 0.1) is 0 Å². The van der Waals surface area contributed by atoms with Crippen LogP contribution in [-0.2, 0) is 4.79 Å². The van der Waals surface area contributed by atoms with Gasteiger partial charge in [-0.05, 0) is 43.6 Å². The molecule has 18 heavy (non-hydrogen) atoms. The van der Waals surface area contributed by atoms with Gasteiger partial charge >= 0.3 is 0 Å². The first-order chi connectivity index (χ1) is 8.56. The highest BCUT2D eigenvalue weighted by Crippen LogP contribution is 2.22. The molecule has 0 aromatic rings. The van der Waals surface area contributed by atoms with E-state index in [1.807, 2.05) is 0 Å². The molecule has 1 unspecified atom stereocenters. The van der Waals surface area contributed by atoms with Crippen LogP contribution in [0.1, 0.15) is 52.9 Å². The molecule has 3 nitrogen and oxygen atoms in total. The van der Waals surface area contributed by atoms with Crippen molar-refractivity contribution in [3.8, 4) is 0 Å². The first kappa shape index (κ1) is 15.5. The second-order valence-corrected chi connectivity index (χ2v) is 6.19. The Labute approximate surface area is 112 Å². The van der Waals surface area contributed by atoms with Crippen LogP contribution < -0.4 is 5.73 Å². The second-order valence-electron chi connectivity index (χ2n) is 6.19. The summed E-state index contributed by atoms with van der Waals surface area (Å²) in [6.07, 6.45) is 5.35. The van der Waals surface area contributed by atoms with Crippen LogP contribution in [-0.4, -0.2) is 30.4 Å². The van der Waals surface area contributed by atoms with Crippen molar-refractivity contribution in [1.29, 1.82) is 0 Å². The minimum Gasteiger partial charge on any atom is -0.342 e. The molecule has 3 heteroatoms. The van der Waals surface area contributed by atoms with Crippen molar-refractivity contribution < 1.29 is 4.79 Å². The highest BCUT2D eigenvalue weighted by atomic mass is 16.2. The summed E-state index contributed by atoms with van der Waals surface area (Å²) in [5, 5.41) is 0. The Bertz CT molecular complexity index is 253. The monoisotopic (exact) mass is 254 g/mol. The van der Waals surface area contributed by atoms with Crippen molar-refractivity contribution in [3.63, 3.8) is 0 Å². The largest absolute Gasteiger partial charge is 0.342 e. The van der Waals surface area contributed by atoms with Gasteiger partial charge in [0.1, 0.15) is 0 Å². The predicted octanol–water partition coefficient (Wildman–Crippen LogP) is 2.65. The smallest absolute Gasteiger partial charge is 0.222 e. The minimum absolute atomic E-state index is 0.323. The third-order valence-electron chi connectivity index (χ3n) is 4.05. The molecule has 1 aliphatic rings. The van der Waals surface area contributed by atoms with Crippen LogP contribution in [0.5, 0.6) is 0 Å². The molecule has 0 aliphatic carbocycles. The average molecular weight is 254 g/mol. The maximum Gasteiger partial charge on any atom is 0.222 e. The van der Waals surface area contributed by atoms with Crippen molar-refractivity contribution in [2.24, 2.45) is 23.5 Å². The van der Waals surface area contributed by atoms with Gasteiger partial charge in [-0.2, -0.15) is 0 Å². The summed E-state index contributed by atoms with van der Waals surface area (Å²) >= 11 is 0. The highest BCUT2D eigenvalue weighted by Gasteiger charge is 2.24. The number of nitrogens with two attached hydrogens (primary N) is 1. The van der Waals surface area contributed by atoms with Crippen LogP contribution in [0.3, 0.4) is 0 Å². The van der Waals surface area contributed by atoms with Gasteiger partial charge in [-0.15, -0.1) is 0 Å². The fraction of sp³-hybridized carbons (Fsp3) is 0.933. The Hall–Kier alpha value is -0.570. The Balaban J connectivity index is 2.42. The number of carbonyl (C=O) groups is 1. The van der Waals surface area contributed by atoms with Gasteiger partial charge in [0.15, 0.2) is 0 Å². The third-order valence-corrected chi connectivity index (χ3v) is 4.05. The van der Waals surface area contributed by atoms with E-state index in [9.17, 15) is 4.79 Å². The van der Waals surface area contributed by atoms with Crippen LogP contribution in [0.25, 0.3) is 0 Å². The van der Waals surface area contributed by atoms with E-state index in [1.165, 1.54) is 19.3 Å². The van der Waals surface area contributed by atoms with E-state index in [4.69, 9.17) is 5.73 Å². The molecule has 0 aromatic carbocycles. The van der Waals surface area contributed by atoms with Gasteiger partial charge in [-0.25, -0.2) is 0 Å². The van der Waals surface area contributed by atoms with Crippen molar-refractivity contribution in [3.05, 3.63) is 0 Å². The van der Waals surface area contributed by atoms with Crippen molar-refractivity contribution >= 4 is 5.91 Å². The van der Waals surface area contributed by atoms with Gasteiger partial charge in [-0.1, -0.05) is 27.2 Å². The summed E-state index contributed by atoms with van der Waals surface area (Å²) < 4.78 is 0. The lowest BCUT2D eigenvalue weighted by atomic mass is 9.92. The molecule has 1 heterocycles. The van der Waals surface area contributed by atoms with E-state index in [0.717, 1.165) is 19.5 Å². The zero-order valence-electron chi connectivity index (χ0n) is 12.3. The van der Waals surface area contributed by atoms with E-state index in [-0.39, 0.29) is 0 Å². The number of likely N-dealkylation sites (tertiary alicyclic amines) is 1. The molecule has 2 N–H and O–H groups in total. The van der Waals surface area contributed by atoms with Gasteiger partial charge in [-0.3, -0.25) is 4.79 Å². The van der Waals surface area contributed by atoms with Gasteiger partial charge in [0, 0.05) is 19.5 Å². The molecular weight excluding hydrogens is 224 g/mol. The Morgan fingerprint density at radius 2 is 2.17 bits per heavy atom. The molecule has 0 bridgehead atoms. The quantitative estimate of drug-likeness (QED) is 0.792. The van der Waals surface area contributed by atoms with Gasteiger partial charge < -0.3 is 10.6 Å². The molecule has 106 valence electrons. The topological polar surface area (TPSA) is 46.3 Å². The zero-order valence-corrected chi connectivity index (χ0v) is 12.3. The van der Waals surface area contributed by atoms with Crippen LogP contribution in [0.4, 0.5) is 0 Å². The molecule has 1 amide bonds. The maximum absolute atomic E-state index is 12.3. The van der Waals surface area contributed by atoms with E-state index in [1.54, 1.807) is 0 Å². The number of carbonyl (C=O) groups excluding carboxylic acids is 1. The molecule has 0 saturated carbocycles. The summed E-state index contributed by atoms with van der Waals surface area (Å²) in [6.45, 7) is 9.17. The molecule has 0 radical (unpaired) electrons. The molecule has 1 rings (SSSR count). The van der Waals surface area contributed by atoms with E-state index in [0.29, 0.717) is 36.6 Å². The van der Waals surface area contributed by atoms with Crippen molar-refractivity contribution in [1.82, 2.24) is 4.90 Å². The lowest BCUT2D eigenvalue weighted by Gasteiger charge is -2.33. The Kier molecular flexibility index (Phi) is 6.69. The van der Waals surface area contributed by atoms with Gasteiger partial charge in [0.2, 0.25) is 5.91 Å². The first-order valence-corrected chi connectivity index (χ1v) is 7.54. The zero-order chi connectivity index (χ0) is 13.5. The fourth-order valence-corrected chi connectivity index (χ4v) is 2.93. The Morgan fingerprint density at radius 3 is 2.72 bits per heavy atom. The second kappa shape index (κ2) is 7.78. The van der Waals surface area contributed by atoms with Crippen LogP contribution in [0.2, 0.25) is 0 Å². The molecule has 1 saturated heterocycles. The molecule has 0 spiro atoms. The first-order valence-electron chi connectivity index (χ1n) is 7.54. The number of rotatable bonds is 6. The molecule has 0 aromatic heterocycles. The normalized spacial score (nSPS) is 22.3. The van der Waals surface area contributed by atoms with E-state index >= 15 is 0 Å².